The molecule has 0 saturated carbocycles. The second kappa shape index (κ2) is 22.8. The van der Waals surface area contributed by atoms with Crippen LogP contribution >= 0.6 is 23.4 Å². The highest BCUT2D eigenvalue weighted by molar-refractivity contribution is 7.99. The normalized spacial score (nSPS) is 13.7. The number of hydrogen-bond acceptors (Lipinski definition) is 12. The number of halogens is 1. The van der Waals surface area contributed by atoms with Gasteiger partial charge in [-0.05, 0) is 123 Å². The van der Waals surface area contributed by atoms with Gasteiger partial charge in [-0.1, -0.05) is 72.8 Å². The molecule has 5 aromatic rings. The van der Waals surface area contributed by atoms with Gasteiger partial charge in [-0.15, -0.1) is 11.8 Å². The van der Waals surface area contributed by atoms with Gasteiger partial charge in [-0.3, -0.25) is 30.5 Å². The topological polar surface area (TPSA) is 160 Å². The van der Waals surface area contributed by atoms with Gasteiger partial charge in [-0.2, -0.15) is 0 Å². The lowest BCUT2D eigenvalue weighted by Gasteiger charge is -2.36. The van der Waals surface area contributed by atoms with Crippen LogP contribution in [0.3, 0.4) is 0 Å². The van der Waals surface area contributed by atoms with Crippen molar-refractivity contribution in [2.75, 3.05) is 62.3 Å². The molecular formula is C47H54ClN7O6S2. The van der Waals surface area contributed by atoms with Gasteiger partial charge in [0.15, 0.2) is 0 Å². The summed E-state index contributed by atoms with van der Waals surface area (Å²) in [6.07, 6.45) is 3.08. The van der Waals surface area contributed by atoms with E-state index in [4.69, 9.17) is 16.8 Å². The number of rotatable bonds is 22. The van der Waals surface area contributed by atoms with Gasteiger partial charge in [-0.25, -0.2) is 13.1 Å². The Bertz CT molecular complexity index is 2420. The van der Waals surface area contributed by atoms with Crippen LogP contribution in [-0.2, 0) is 16.6 Å². The lowest BCUT2D eigenvalue weighted by Crippen LogP contribution is -2.46. The number of amides is 1. The number of unbranched alkanes of at least 4 members (excludes halogenated alkanes) is 1. The number of thioether (sulfide) groups is 1. The molecular weight excluding hydrogens is 858 g/mol. The standard InChI is InChI=1S/C47H54ClN7O6S2/c1-35(50-57)10-8-9-26-52(2)27-25-40(34-62-42-12-4-3-5-13-42)49-45-24-23-43(32-46(45)55(58)59)63(60,61)51-47(56)37-17-21-41(22-18-37)54-30-28-53(29-31-54)33-38-11-6-7-14-44(38)36-15-19-39(48)20-16-36/h3-7,11-24,32,40,49-50,57H,1,8-10,25-31,33-34H2,2H3,(H,51,56)/t40-/m1/s1. The van der Waals surface area contributed by atoms with E-state index >= 15 is 0 Å². The molecule has 0 unspecified atom stereocenters. The molecule has 4 N–H and O–H groups in total. The van der Waals surface area contributed by atoms with Crippen LogP contribution in [0.2, 0.25) is 5.02 Å². The molecule has 1 heterocycles. The maximum Gasteiger partial charge on any atom is 0.293 e. The number of nitro groups is 1. The van der Waals surface area contributed by atoms with E-state index in [2.05, 4.69) is 55.0 Å². The number of hydrogen-bond donors (Lipinski definition) is 4. The number of nitrogens with one attached hydrogen (secondary N) is 3. The number of piperazine rings is 1. The summed E-state index contributed by atoms with van der Waals surface area (Å²) in [4.78, 5) is 32.5. The third-order valence-electron chi connectivity index (χ3n) is 11.0. The Morgan fingerprint density at radius 2 is 1.62 bits per heavy atom. The van der Waals surface area contributed by atoms with Crippen molar-refractivity contribution in [2.24, 2.45) is 0 Å². The van der Waals surface area contributed by atoms with Crippen molar-refractivity contribution >= 4 is 56.4 Å². The van der Waals surface area contributed by atoms with E-state index in [1.54, 1.807) is 36.0 Å². The first kappa shape index (κ1) is 47.1. The van der Waals surface area contributed by atoms with Crippen LogP contribution in [-0.4, -0.2) is 92.4 Å². The van der Waals surface area contributed by atoms with Crippen LogP contribution in [0.1, 0.15) is 41.6 Å². The van der Waals surface area contributed by atoms with E-state index in [0.717, 1.165) is 74.3 Å². The quantitative estimate of drug-likeness (QED) is 0.0226. The van der Waals surface area contributed by atoms with Gasteiger partial charge < -0.3 is 15.1 Å². The summed E-state index contributed by atoms with van der Waals surface area (Å²) >= 11 is 7.75. The molecule has 13 nitrogen and oxygen atoms in total. The summed E-state index contributed by atoms with van der Waals surface area (Å²) in [5.41, 5.74) is 7.01. The molecule has 6 rings (SSSR count). The summed E-state index contributed by atoms with van der Waals surface area (Å²) in [5, 5.41) is 25.3. The third kappa shape index (κ3) is 13.8. The zero-order chi connectivity index (χ0) is 44.8. The van der Waals surface area contributed by atoms with E-state index in [1.807, 2.05) is 67.7 Å². The zero-order valence-corrected chi connectivity index (χ0v) is 37.7. The van der Waals surface area contributed by atoms with Crippen molar-refractivity contribution < 1.29 is 23.3 Å². The fraction of sp³-hybridized carbons (Fsp3) is 0.298. The van der Waals surface area contributed by atoms with Crippen molar-refractivity contribution in [3.8, 4) is 11.1 Å². The monoisotopic (exact) mass is 911 g/mol. The lowest BCUT2D eigenvalue weighted by molar-refractivity contribution is -0.384. The molecule has 1 saturated heterocycles. The van der Waals surface area contributed by atoms with Gasteiger partial charge >= 0.3 is 0 Å². The average Bonchev–Trinajstić information content (AvgIpc) is 3.29. The van der Waals surface area contributed by atoms with Crippen molar-refractivity contribution in [2.45, 2.75) is 48.1 Å². The number of nitrogens with zero attached hydrogens (tertiary/aromatic N) is 4. The molecule has 1 aliphatic rings. The fourth-order valence-electron chi connectivity index (χ4n) is 7.38. The van der Waals surface area contributed by atoms with E-state index < -0.39 is 31.4 Å². The molecule has 16 heteroatoms. The highest BCUT2D eigenvalue weighted by atomic mass is 35.5. The predicted molar refractivity (Wildman–Crippen MR) is 253 cm³/mol. The van der Waals surface area contributed by atoms with Crippen molar-refractivity contribution in [3.05, 3.63) is 160 Å². The molecule has 1 atom stereocenters. The van der Waals surface area contributed by atoms with Gasteiger partial charge in [0, 0.05) is 77.5 Å². The minimum absolute atomic E-state index is 0.143. The number of carbonyl (C=O) groups is 1. The van der Waals surface area contributed by atoms with Crippen LogP contribution in [0, 0.1) is 10.1 Å². The molecule has 332 valence electrons. The summed E-state index contributed by atoms with van der Waals surface area (Å²) in [6.45, 7) is 9.30. The largest absolute Gasteiger partial charge is 0.376 e. The summed E-state index contributed by atoms with van der Waals surface area (Å²) < 4.78 is 29.1. The molecule has 63 heavy (non-hydrogen) atoms. The molecule has 0 aromatic heterocycles. The first-order valence-corrected chi connectivity index (χ1v) is 23.7. The summed E-state index contributed by atoms with van der Waals surface area (Å²) in [5.74, 6) is -0.240. The van der Waals surface area contributed by atoms with Crippen LogP contribution in [0.5, 0.6) is 0 Å². The Morgan fingerprint density at radius 3 is 2.32 bits per heavy atom. The molecule has 0 bridgehead atoms. The molecule has 0 aliphatic carbocycles. The lowest BCUT2D eigenvalue weighted by atomic mass is 9.99. The highest BCUT2D eigenvalue weighted by Crippen LogP contribution is 2.31. The summed E-state index contributed by atoms with van der Waals surface area (Å²) in [6, 6.07) is 36.3. The predicted octanol–water partition coefficient (Wildman–Crippen LogP) is 8.91. The zero-order valence-electron chi connectivity index (χ0n) is 35.3. The van der Waals surface area contributed by atoms with Crippen molar-refractivity contribution in [1.82, 2.24) is 20.0 Å². The average molecular weight is 913 g/mol. The van der Waals surface area contributed by atoms with E-state index in [1.165, 1.54) is 23.3 Å². The van der Waals surface area contributed by atoms with Crippen LogP contribution in [0.4, 0.5) is 17.1 Å². The van der Waals surface area contributed by atoms with E-state index in [-0.39, 0.29) is 17.3 Å². The number of hydroxylamine groups is 1. The number of allylic oxidation sites excluding steroid dienone is 1. The smallest absolute Gasteiger partial charge is 0.293 e. The number of sulfonamides is 1. The van der Waals surface area contributed by atoms with Gasteiger partial charge in [0.2, 0.25) is 0 Å². The maximum absolute atomic E-state index is 13.5. The Kier molecular flexibility index (Phi) is 17.0. The molecule has 1 aliphatic heterocycles. The maximum atomic E-state index is 13.5. The van der Waals surface area contributed by atoms with Crippen molar-refractivity contribution in [1.29, 1.82) is 0 Å². The Labute approximate surface area is 379 Å². The van der Waals surface area contributed by atoms with Crippen molar-refractivity contribution in [3.63, 3.8) is 0 Å². The number of benzene rings is 5. The Hall–Kier alpha value is -5.42. The Balaban J connectivity index is 1.05. The minimum Gasteiger partial charge on any atom is -0.376 e. The van der Waals surface area contributed by atoms with Gasteiger partial charge in [0.1, 0.15) is 5.69 Å². The summed E-state index contributed by atoms with van der Waals surface area (Å²) in [7, 11) is -2.45. The molecule has 1 fully saturated rings. The van der Waals surface area contributed by atoms with E-state index in [0.29, 0.717) is 35.9 Å². The van der Waals surface area contributed by atoms with Gasteiger partial charge in [0.25, 0.3) is 21.6 Å². The minimum atomic E-state index is -4.47. The fourth-order valence-corrected chi connectivity index (χ4v) is 9.50. The second-order valence-corrected chi connectivity index (χ2v) is 18.8. The molecule has 0 spiro atoms. The SMILES string of the molecule is C=C(CCCCN(C)CC[C@H](CSc1ccccc1)Nc1ccc(S(=O)(=O)NC(=O)c2ccc(N3CCN(Cc4ccccc4-c4ccc(Cl)cc4)CC3)cc2)cc1[N+](=O)[O-])NO. The number of nitro benzene ring substituents is 1. The third-order valence-corrected chi connectivity index (χ3v) is 13.7. The highest BCUT2D eigenvalue weighted by Gasteiger charge is 2.26. The van der Waals surface area contributed by atoms with Crippen LogP contribution < -0.4 is 20.4 Å². The van der Waals surface area contributed by atoms with Crippen LogP contribution in [0.15, 0.2) is 143 Å². The van der Waals surface area contributed by atoms with Crippen LogP contribution in [0.25, 0.3) is 11.1 Å². The van der Waals surface area contributed by atoms with E-state index in [9.17, 15) is 23.3 Å². The molecule has 1 amide bonds. The second-order valence-electron chi connectivity index (χ2n) is 15.6. The molecule has 0 radical (unpaired) electrons. The van der Waals surface area contributed by atoms with Gasteiger partial charge in [0.05, 0.1) is 9.82 Å². The first-order chi connectivity index (χ1) is 30.4. The number of anilines is 2. The number of carbonyl (C=O) groups excluding carboxylic acids is 1. The molecule has 5 aromatic carbocycles. The Morgan fingerprint density at radius 1 is 0.921 bits per heavy atom. The first-order valence-electron chi connectivity index (χ1n) is 20.9.